The first kappa shape index (κ1) is 13.2. The number of nitrogens with one attached hydrogen (secondary N) is 1. The van der Waals surface area contributed by atoms with Crippen LogP contribution in [0.1, 0.15) is 17.3 Å². The van der Waals surface area contributed by atoms with E-state index in [0.29, 0.717) is 0 Å². The molecule has 1 heterocycles. The number of hydrogen-bond donors (Lipinski definition) is 1. The van der Waals surface area contributed by atoms with Gasteiger partial charge in [-0.15, -0.1) is 5.10 Å². The van der Waals surface area contributed by atoms with Crippen LogP contribution in [-0.2, 0) is 13.5 Å². The summed E-state index contributed by atoms with van der Waals surface area (Å²) < 4.78 is 15.3. The third-order valence-corrected chi connectivity index (χ3v) is 3.42. The fourth-order valence-electron chi connectivity index (χ4n) is 1.90. The van der Waals surface area contributed by atoms with Gasteiger partial charge in [-0.3, -0.25) is 0 Å². The Hall–Kier alpha value is -1.27. The fourth-order valence-corrected chi connectivity index (χ4v) is 2.50. The Morgan fingerprint density at radius 2 is 2.06 bits per heavy atom. The molecule has 0 spiro atoms. The first-order valence-corrected chi connectivity index (χ1v) is 6.38. The number of halogens is 2. The predicted octanol–water partition coefficient (Wildman–Crippen LogP) is 2.22. The second-order valence-corrected chi connectivity index (χ2v) is 4.81. The summed E-state index contributed by atoms with van der Waals surface area (Å²) in [4.78, 5) is 0. The summed E-state index contributed by atoms with van der Waals surface area (Å²) in [5, 5.41) is 11.2. The zero-order chi connectivity index (χ0) is 13.1. The van der Waals surface area contributed by atoms with Gasteiger partial charge in [-0.2, -0.15) is 0 Å². The molecule has 96 valence electrons. The van der Waals surface area contributed by atoms with Crippen molar-refractivity contribution in [3.05, 3.63) is 45.9 Å². The van der Waals surface area contributed by atoms with Gasteiger partial charge in [0.1, 0.15) is 5.82 Å². The Bertz CT molecular complexity index is 504. The minimum Gasteiger partial charge on any atom is -0.311 e. The molecule has 1 atom stereocenters. The topological polar surface area (TPSA) is 42.7 Å². The highest BCUT2D eigenvalue weighted by molar-refractivity contribution is 9.10. The lowest BCUT2D eigenvalue weighted by Crippen LogP contribution is -2.22. The highest BCUT2D eigenvalue weighted by Gasteiger charge is 2.18. The molecule has 4 nitrogen and oxygen atoms in total. The molecule has 0 fully saturated rings. The molecule has 1 N–H and O–H groups in total. The molecular formula is C12H14BrFN4. The van der Waals surface area contributed by atoms with Crippen LogP contribution in [0.4, 0.5) is 4.39 Å². The minimum absolute atomic E-state index is 0.0739. The Morgan fingerprint density at radius 1 is 1.39 bits per heavy atom. The largest absolute Gasteiger partial charge is 0.311 e. The lowest BCUT2D eigenvalue weighted by Gasteiger charge is -2.16. The number of aryl methyl sites for hydroxylation is 1. The monoisotopic (exact) mass is 312 g/mol. The van der Waals surface area contributed by atoms with E-state index in [9.17, 15) is 4.39 Å². The van der Waals surface area contributed by atoms with Crippen LogP contribution in [0, 0.1) is 5.82 Å². The standard InChI is InChI=1S/C12H14BrFN4/c1-15-10(11-12(13)16-17-18(11)2)7-8-3-5-9(14)6-4-8/h3-6,10,15H,7H2,1-2H3. The van der Waals surface area contributed by atoms with Crippen molar-refractivity contribution in [2.45, 2.75) is 12.5 Å². The lowest BCUT2D eigenvalue weighted by atomic mass is 10.0. The summed E-state index contributed by atoms with van der Waals surface area (Å²) in [6.45, 7) is 0. The van der Waals surface area contributed by atoms with E-state index in [-0.39, 0.29) is 11.9 Å². The second kappa shape index (κ2) is 5.58. The quantitative estimate of drug-likeness (QED) is 0.941. The van der Waals surface area contributed by atoms with E-state index in [2.05, 4.69) is 31.6 Å². The van der Waals surface area contributed by atoms with Gasteiger partial charge in [0.15, 0.2) is 4.60 Å². The third kappa shape index (κ3) is 2.76. The van der Waals surface area contributed by atoms with Gasteiger partial charge in [-0.05, 0) is 47.1 Å². The summed E-state index contributed by atoms with van der Waals surface area (Å²) in [5.74, 6) is -0.219. The maximum absolute atomic E-state index is 12.9. The minimum atomic E-state index is -0.219. The Labute approximate surface area is 113 Å². The summed E-state index contributed by atoms with van der Waals surface area (Å²) in [7, 11) is 3.73. The van der Waals surface area contributed by atoms with Gasteiger partial charge >= 0.3 is 0 Å². The molecule has 0 bridgehead atoms. The van der Waals surface area contributed by atoms with Crippen molar-refractivity contribution >= 4 is 15.9 Å². The number of rotatable bonds is 4. The van der Waals surface area contributed by atoms with Crippen molar-refractivity contribution in [3.8, 4) is 0 Å². The number of likely N-dealkylation sites (N-methyl/N-ethyl adjacent to an activating group) is 1. The van der Waals surface area contributed by atoms with Gasteiger partial charge in [0.05, 0.1) is 11.7 Å². The van der Waals surface area contributed by atoms with Crippen molar-refractivity contribution in [1.29, 1.82) is 0 Å². The Balaban J connectivity index is 2.22. The van der Waals surface area contributed by atoms with Crippen molar-refractivity contribution in [1.82, 2.24) is 20.3 Å². The van der Waals surface area contributed by atoms with E-state index in [4.69, 9.17) is 0 Å². The van der Waals surface area contributed by atoms with Gasteiger partial charge in [-0.1, -0.05) is 17.3 Å². The molecule has 2 aromatic rings. The molecule has 18 heavy (non-hydrogen) atoms. The predicted molar refractivity (Wildman–Crippen MR) is 70.6 cm³/mol. The van der Waals surface area contributed by atoms with Gasteiger partial charge in [0, 0.05) is 7.05 Å². The molecule has 0 saturated carbocycles. The van der Waals surface area contributed by atoms with E-state index in [1.807, 2.05) is 14.1 Å². The summed E-state index contributed by atoms with van der Waals surface area (Å²) in [6.07, 6.45) is 0.747. The molecule has 0 aliphatic carbocycles. The van der Waals surface area contributed by atoms with Gasteiger partial charge in [0.25, 0.3) is 0 Å². The maximum Gasteiger partial charge on any atom is 0.153 e. The molecule has 0 aliphatic rings. The van der Waals surface area contributed by atoms with Crippen LogP contribution in [0.15, 0.2) is 28.9 Å². The first-order chi connectivity index (χ1) is 8.61. The van der Waals surface area contributed by atoms with Crippen LogP contribution >= 0.6 is 15.9 Å². The average Bonchev–Trinajstić information content (AvgIpc) is 2.69. The lowest BCUT2D eigenvalue weighted by molar-refractivity contribution is 0.532. The molecule has 1 unspecified atom stereocenters. The van der Waals surface area contributed by atoms with Crippen LogP contribution in [0.3, 0.4) is 0 Å². The van der Waals surface area contributed by atoms with Crippen molar-refractivity contribution in [2.24, 2.45) is 7.05 Å². The van der Waals surface area contributed by atoms with Crippen molar-refractivity contribution in [3.63, 3.8) is 0 Å². The van der Waals surface area contributed by atoms with E-state index in [1.165, 1.54) is 12.1 Å². The molecule has 0 saturated heterocycles. The SMILES string of the molecule is CNC(Cc1ccc(F)cc1)c1c(Br)nnn1C. The second-order valence-electron chi connectivity index (χ2n) is 4.06. The van der Waals surface area contributed by atoms with Crippen LogP contribution < -0.4 is 5.32 Å². The maximum atomic E-state index is 12.9. The van der Waals surface area contributed by atoms with E-state index in [0.717, 1.165) is 22.3 Å². The van der Waals surface area contributed by atoms with E-state index in [1.54, 1.807) is 16.8 Å². The van der Waals surface area contributed by atoms with Crippen molar-refractivity contribution in [2.75, 3.05) is 7.05 Å². The molecule has 2 rings (SSSR count). The Morgan fingerprint density at radius 3 is 2.56 bits per heavy atom. The molecule has 6 heteroatoms. The summed E-state index contributed by atoms with van der Waals surface area (Å²) in [6, 6.07) is 6.59. The van der Waals surface area contributed by atoms with Gasteiger partial charge in [-0.25, -0.2) is 9.07 Å². The summed E-state index contributed by atoms with van der Waals surface area (Å²) >= 11 is 3.39. The number of nitrogens with zero attached hydrogens (tertiary/aromatic N) is 3. The molecule has 1 aromatic carbocycles. The van der Waals surface area contributed by atoms with Crippen LogP contribution in [-0.4, -0.2) is 22.0 Å². The molecular weight excluding hydrogens is 299 g/mol. The average molecular weight is 313 g/mol. The van der Waals surface area contributed by atoms with E-state index < -0.39 is 0 Å². The Kier molecular flexibility index (Phi) is 4.08. The highest BCUT2D eigenvalue weighted by Crippen LogP contribution is 2.23. The number of aromatic nitrogens is 3. The zero-order valence-electron chi connectivity index (χ0n) is 10.2. The van der Waals surface area contributed by atoms with Gasteiger partial charge < -0.3 is 5.32 Å². The van der Waals surface area contributed by atoms with Crippen LogP contribution in [0.25, 0.3) is 0 Å². The normalized spacial score (nSPS) is 12.7. The molecule has 1 aromatic heterocycles. The van der Waals surface area contributed by atoms with Gasteiger partial charge in [0.2, 0.25) is 0 Å². The van der Waals surface area contributed by atoms with Crippen LogP contribution in [0.2, 0.25) is 0 Å². The molecule has 0 radical (unpaired) electrons. The van der Waals surface area contributed by atoms with Crippen molar-refractivity contribution < 1.29 is 4.39 Å². The molecule has 0 aliphatic heterocycles. The van der Waals surface area contributed by atoms with E-state index >= 15 is 0 Å². The fraction of sp³-hybridized carbons (Fsp3) is 0.333. The third-order valence-electron chi connectivity index (χ3n) is 2.86. The van der Waals surface area contributed by atoms with Crippen LogP contribution in [0.5, 0.6) is 0 Å². The smallest absolute Gasteiger partial charge is 0.153 e. The zero-order valence-corrected chi connectivity index (χ0v) is 11.8. The number of hydrogen-bond acceptors (Lipinski definition) is 3. The summed E-state index contributed by atoms with van der Waals surface area (Å²) in [5.41, 5.74) is 2.03. The first-order valence-electron chi connectivity index (χ1n) is 5.58. The molecule has 0 amide bonds. The number of benzene rings is 1. The highest BCUT2D eigenvalue weighted by atomic mass is 79.9.